The fourth-order valence-corrected chi connectivity index (χ4v) is 5.59. The fraction of sp³-hybridized carbons (Fsp3) is 0.316. The largest absolute Gasteiger partial charge is 0.355 e. The van der Waals surface area contributed by atoms with Crippen LogP contribution in [0, 0.1) is 5.92 Å². The zero-order valence-electron chi connectivity index (χ0n) is 14.3. The first-order chi connectivity index (χ1) is 12.7. The Bertz CT molecular complexity index is 1140. The van der Waals surface area contributed by atoms with Crippen LogP contribution in [0.15, 0.2) is 39.2 Å². The Kier molecular flexibility index (Phi) is 3.79. The number of nitrogens with zero attached hydrogens (tertiary/aromatic N) is 3. The minimum Gasteiger partial charge on any atom is -0.355 e. The van der Waals surface area contributed by atoms with E-state index < -0.39 is 0 Å². The normalized spacial score (nSPS) is 16.9. The van der Waals surface area contributed by atoms with Crippen molar-refractivity contribution in [1.82, 2.24) is 14.7 Å². The molecule has 1 atom stereocenters. The van der Waals surface area contributed by atoms with Gasteiger partial charge in [0.1, 0.15) is 10.5 Å². The van der Waals surface area contributed by atoms with E-state index in [4.69, 9.17) is 4.52 Å². The summed E-state index contributed by atoms with van der Waals surface area (Å²) in [6.45, 7) is 2.65. The number of hydrogen-bond acceptors (Lipinski definition) is 6. The summed E-state index contributed by atoms with van der Waals surface area (Å²) < 4.78 is 7.06. The van der Waals surface area contributed by atoms with Gasteiger partial charge in [-0.3, -0.25) is 9.36 Å². The van der Waals surface area contributed by atoms with Crippen molar-refractivity contribution in [2.45, 2.75) is 32.7 Å². The molecule has 7 heteroatoms. The van der Waals surface area contributed by atoms with Gasteiger partial charge in [0.25, 0.3) is 5.56 Å². The summed E-state index contributed by atoms with van der Waals surface area (Å²) in [5.74, 6) is 1.42. The minimum atomic E-state index is 0.0303. The van der Waals surface area contributed by atoms with Crippen molar-refractivity contribution >= 4 is 32.9 Å². The van der Waals surface area contributed by atoms with Crippen LogP contribution in [0.4, 0.5) is 0 Å². The van der Waals surface area contributed by atoms with Gasteiger partial charge in [0.15, 0.2) is 5.76 Å². The van der Waals surface area contributed by atoms with E-state index in [0.717, 1.165) is 45.8 Å². The summed E-state index contributed by atoms with van der Waals surface area (Å²) >= 11 is 3.28. The molecule has 0 fully saturated rings. The van der Waals surface area contributed by atoms with Gasteiger partial charge in [0, 0.05) is 10.9 Å². The molecule has 0 saturated heterocycles. The zero-order chi connectivity index (χ0) is 17.7. The number of thiophene rings is 2. The van der Waals surface area contributed by atoms with E-state index in [2.05, 4.69) is 17.1 Å². The van der Waals surface area contributed by atoms with Gasteiger partial charge in [-0.1, -0.05) is 18.1 Å². The maximum atomic E-state index is 13.1. The average Bonchev–Trinajstić information content (AvgIpc) is 3.35. The third-order valence-electron chi connectivity index (χ3n) is 4.94. The van der Waals surface area contributed by atoms with Gasteiger partial charge in [-0.15, -0.1) is 22.7 Å². The zero-order valence-corrected chi connectivity index (χ0v) is 15.9. The number of hydrogen-bond donors (Lipinski definition) is 0. The summed E-state index contributed by atoms with van der Waals surface area (Å²) in [6.07, 6.45) is 4.81. The SMILES string of the molecule is CC1CCc2c(sc3ncn(Cc4cc(-c5cccs5)on4)c(=O)c23)C1. The first kappa shape index (κ1) is 16.0. The van der Waals surface area contributed by atoms with E-state index in [-0.39, 0.29) is 5.56 Å². The van der Waals surface area contributed by atoms with Crippen LogP contribution in [-0.2, 0) is 19.4 Å². The molecular weight excluding hydrogens is 366 g/mol. The van der Waals surface area contributed by atoms with Crippen molar-refractivity contribution in [3.8, 4) is 10.6 Å². The average molecular weight is 383 g/mol. The molecule has 4 heterocycles. The maximum Gasteiger partial charge on any atom is 0.262 e. The van der Waals surface area contributed by atoms with E-state index >= 15 is 0 Å². The Hall–Kier alpha value is -2.25. The van der Waals surface area contributed by atoms with Gasteiger partial charge in [-0.05, 0) is 42.2 Å². The lowest BCUT2D eigenvalue weighted by molar-refractivity contribution is 0.421. The lowest BCUT2D eigenvalue weighted by Gasteiger charge is -2.17. The van der Waals surface area contributed by atoms with Crippen molar-refractivity contribution in [3.63, 3.8) is 0 Å². The van der Waals surface area contributed by atoms with Crippen LogP contribution in [0.2, 0.25) is 0 Å². The smallest absolute Gasteiger partial charge is 0.262 e. The van der Waals surface area contributed by atoms with Crippen molar-refractivity contribution in [2.24, 2.45) is 5.92 Å². The van der Waals surface area contributed by atoms with E-state index in [1.54, 1.807) is 33.6 Å². The summed E-state index contributed by atoms with van der Waals surface area (Å²) in [4.78, 5) is 20.8. The molecule has 1 aliphatic rings. The molecule has 0 bridgehead atoms. The number of aryl methyl sites for hydroxylation is 1. The molecule has 1 unspecified atom stereocenters. The molecule has 0 aliphatic heterocycles. The monoisotopic (exact) mass is 383 g/mol. The molecule has 5 nitrogen and oxygen atoms in total. The van der Waals surface area contributed by atoms with E-state index in [1.807, 2.05) is 23.6 Å². The van der Waals surface area contributed by atoms with Crippen LogP contribution in [0.1, 0.15) is 29.5 Å². The highest BCUT2D eigenvalue weighted by Gasteiger charge is 2.23. The van der Waals surface area contributed by atoms with Crippen LogP contribution in [0.5, 0.6) is 0 Å². The number of rotatable bonds is 3. The van der Waals surface area contributed by atoms with Gasteiger partial charge >= 0.3 is 0 Å². The molecule has 4 aromatic rings. The molecule has 0 N–H and O–H groups in total. The molecule has 4 aromatic heterocycles. The maximum absolute atomic E-state index is 13.1. The third-order valence-corrected chi connectivity index (χ3v) is 6.98. The standard InChI is InChI=1S/C19H17N3O2S2/c1-11-4-5-13-16(7-11)26-18-17(13)19(23)22(10-20-18)9-12-8-14(24-21-12)15-3-2-6-25-15/h2-3,6,8,10-11H,4-5,7,9H2,1H3. The van der Waals surface area contributed by atoms with E-state index in [0.29, 0.717) is 12.5 Å². The molecule has 0 aromatic carbocycles. The minimum absolute atomic E-state index is 0.0303. The van der Waals surface area contributed by atoms with Gasteiger partial charge in [0.05, 0.1) is 23.1 Å². The van der Waals surface area contributed by atoms with Crippen LogP contribution in [-0.4, -0.2) is 14.7 Å². The lowest BCUT2D eigenvalue weighted by Crippen LogP contribution is -2.22. The lowest BCUT2D eigenvalue weighted by atomic mass is 9.89. The first-order valence-electron chi connectivity index (χ1n) is 8.68. The fourth-order valence-electron chi connectivity index (χ4n) is 3.57. The molecule has 132 valence electrons. The van der Waals surface area contributed by atoms with Crippen LogP contribution in [0.25, 0.3) is 20.9 Å². The van der Waals surface area contributed by atoms with Gasteiger partial charge in [-0.2, -0.15) is 0 Å². The highest BCUT2D eigenvalue weighted by molar-refractivity contribution is 7.18. The van der Waals surface area contributed by atoms with Crippen molar-refractivity contribution in [2.75, 3.05) is 0 Å². The van der Waals surface area contributed by atoms with E-state index in [9.17, 15) is 4.79 Å². The number of fused-ring (bicyclic) bond motifs is 3. The van der Waals surface area contributed by atoms with E-state index in [1.165, 1.54) is 10.4 Å². The van der Waals surface area contributed by atoms with Crippen molar-refractivity contribution < 1.29 is 4.52 Å². The van der Waals surface area contributed by atoms with Gasteiger partial charge in [-0.25, -0.2) is 4.98 Å². The van der Waals surface area contributed by atoms with Crippen LogP contribution >= 0.6 is 22.7 Å². The van der Waals surface area contributed by atoms with Gasteiger partial charge < -0.3 is 4.52 Å². The summed E-state index contributed by atoms with van der Waals surface area (Å²) in [7, 11) is 0. The first-order valence-corrected chi connectivity index (χ1v) is 10.4. The predicted molar refractivity (Wildman–Crippen MR) is 104 cm³/mol. The molecule has 0 amide bonds. The molecule has 0 radical (unpaired) electrons. The molecule has 0 spiro atoms. The van der Waals surface area contributed by atoms with Crippen LogP contribution < -0.4 is 5.56 Å². The Morgan fingerprint density at radius 3 is 3.19 bits per heavy atom. The Balaban J connectivity index is 1.52. The second-order valence-corrected chi connectivity index (χ2v) is 8.90. The molecular formula is C19H17N3O2S2. The van der Waals surface area contributed by atoms with Gasteiger partial charge in [0.2, 0.25) is 0 Å². The highest BCUT2D eigenvalue weighted by atomic mass is 32.1. The molecule has 0 saturated carbocycles. The second kappa shape index (κ2) is 6.17. The molecule has 1 aliphatic carbocycles. The Morgan fingerprint density at radius 1 is 1.42 bits per heavy atom. The second-order valence-electron chi connectivity index (χ2n) is 6.87. The van der Waals surface area contributed by atoms with Crippen LogP contribution in [0.3, 0.4) is 0 Å². The quantitative estimate of drug-likeness (QED) is 0.528. The number of aromatic nitrogens is 3. The van der Waals surface area contributed by atoms with Crippen molar-refractivity contribution in [1.29, 1.82) is 0 Å². The third kappa shape index (κ3) is 2.62. The van der Waals surface area contributed by atoms with Crippen molar-refractivity contribution in [3.05, 3.63) is 56.4 Å². The highest BCUT2D eigenvalue weighted by Crippen LogP contribution is 2.35. The summed E-state index contributed by atoms with van der Waals surface area (Å²) in [6, 6.07) is 5.87. The predicted octanol–water partition coefficient (Wildman–Crippen LogP) is 4.35. The molecule has 5 rings (SSSR count). The summed E-state index contributed by atoms with van der Waals surface area (Å²) in [5, 5.41) is 6.93. The summed E-state index contributed by atoms with van der Waals surface area (Å²) in [5.41, 5.74) is 1.98. The molecule has 26 heavy (non-hydrogen) atoms. The topological polar surface area (TPSA) is 60.9 Å². The Labute approximate surface area is 157 Å². The Morgan fingerprint density at radius 2 is 2.35 bits per heavy atom.